The van der Waals surface area contributed by atoms with E-state index in [-0.39, 0.29) is 16.5 Å². The van der Waals surface area contributed by atoms with Gasteiger partial charge in [-0.2, -0.15) is 0 Å². The summed E-state index contributed by atoms with van der Waals surface area (Å²) in [6, 6.07) is 7.25. The lowest BCUT2D eigenvalue weighted by molar-refractivity contribution is 0.00578. The third-order valence-electron chi connectivity index (χ3n) is 5.44. The maximum atomic E-state index is 12.4. The standard InChI is InChI=1S/C17H26BNO4S/c1-16(2)17(3,4)23-18(22-16)13-9-11-14(12-10-13)19-24(20,21)15-7-5-6-8-15/h9-12,15,19H,5-8H2,1-4H3. The van der Waals surface area contributed by atoms with Crippen molar-refractivity contribution in [2.75, 3.05) is 4.72 Å². The molecule has 1 saturated heterocycles. The van der Waals surface area contributed by atoms with E-state index in [1.165, 1.54) is 0 Å². The molecule has 132 valence electrons. The molecule has 1 aliphatic heterocycles. The molecule has 1 aromatic carbocycles. The Labute approximate surface area is 145 Å². The first-order valence-electron chi connectivity index (χ1n) is 8.58. The van der Waals surface area contributed by atoms with Crippen LogP contribution in [0.15, 0.2) is 24.3 Å². The summed E-state index contributed by atoms with van der Waals surface area (Å²) in [5, 5.41) is -0.264. The van der Waals surface area contributed by atoms with E-state index in [2.05, 4.69) is 4.72 Å². The molecular formula is C17H26BNO4S. The van der Waals surface area contributed by atoms with E-state index in [1.54, 1.807) is 12.1 Å². The average molecular weight is 351 g/mol. The van der Waals surface area contributed by atoms with Crippen molar-refractivity contribution in [1.82, 2.24) is 0 Å². The van der Waals surface area contributed by atoms with Gasteiger partial charge in [-0.05, 0) is 58.1 Å². The Balaban J connectivity index is 1.70. The summed E-state index contributed by atoms with van der Waals surface area (Å²) in [6.45, 7) is 8.04. The van der Waals surface area contributed by atoms with Crippen LogP contribution in [0.25, 0.3) is 0 Å². The molecule has 2 aliphatic rings. The van der Waals surface area contributed by atoms with Gasteiger partial charge in [0.1, 0.15) is 0 Å². The second-order valence-corrected chi connectivity index (χ2v) is 9.72. The van der Waals surface area contributed by atoms with Gasteiger partial charge in [0.15, 0.2) is 0 Å². The van der Waals surface area contributed by atoms with Gasteiger partial charge in [0, 0.05) is 5.69 Å². The van der Waals surface area contributed by atoms with Gasteiger partial charge in [0.05, 0.1) is 16.5 Å². The van der Waals surface area contributed by atoms with Crippen molar-refractivity contribution in [3.63, 3.8) is 0 Å². The van der Waals surface area contributed by atoms with Crippen molar-refractivity contribution in [1.29, 1.82) is 0 Å². The van der Waals surface area contributed by atoms with Gasteiger partial charge in [-0.25, -0.2) is 8.42 Å². The summed E-state index contributed by atoms with van der Waals surface area (Å²) < 4.78 is 39.4. The molecular weight excluding hydrogens is 325 g/mol. The van der Waals surface area contributed by atoms with E-state index in [0.29, 0.717) is 5.69 Å². The highest BCUT2D eigenvalue weighted by Gasteiger charge is 2.51. The normalized spacial score (nSPS) is 23.6. The molecule has 0 aromatic heterocycles. The summed E-state index contributed by atoms with van der Waals surface area (Å²) in [5.74, 6) is 0. The lowest BCUT2D eigenvalue weighted by Gasteiger charge is -2.32. The summed E-state index contributed by atoms with van der Waals surface area (Å²) in [7, 11) is -3.73. The van der Waals surface area contributed by atoms with Gasteiger partial charge in [-0.1, -0.05) is 25.0 Å². The summed E-state index contributed by atoms with van der Waals surface area (Å²) in [4.78, 5) is 0. The molecule has 0 radical (unpaired) electrons. The number of sulfonamides is 1. The molecule has 3 rings (SSSR count). The first-order valence-corrected chi connectivity index (χ1v) is 10.1. The van der Waals surface area contributed by atoms with E-state index < -0.39 is 17.1 Å². The number of hydrogen-bond acceptors (Lipinski definition) is 4. The van der Waals surface area contributed by atoms with E-state index in [1.807, 2.05) is 39.8 Å². The van der Waals surface area contributed by atoms with E-state index in [4.69, 9.17) is 9.31 Å². The van der Waals surface area contributed by atoms with E-state index in [9.17, 15) is 8.42 Å². The minimum atomic E-state index is -3.29. The first-order chi connectivity index (χ1) is 11.1. The predicted molar refractivity (Wildman–Crippen MR) is 97.0 cm³/mol. The van der Waals surface area contributed by atoms with Crippen molar-refractivity contribution >= 4 is 28.3 Å². The van der Waals surface area contributed by atoms with Crippen LogP contribution in [0.2, 0.25) is 0 Å². The molecule has 1 N–H and O–H groups in total. The van der Waals surface area contributed by atoms with Crippen LogP contribution in [-0.2, 0) is 19.3 Å². The Morgan fingerprint density at radius 2 is 1.50 bits per heavy atom. The minimum absolute atomic E-state index is 0.264. The number of rotatable bonds is 4. The lowest BCUT2D eigenvalue weighted by atomic mass is 9.79. The summed E-state index contributed by atoms with van der Waals surface area (Å²) >= 11 is 0. The molecule has 2 fully saturated rings. The average Bonchev–Trinajstić information content (AvgIpc) is 3.07. The molecule has 1 heterocycles. The summed E-state index contributed by atoms with van der Waals surface area (Å²) in [5.41, 5.74) is 0.695. The zero-order valence-electron chi connectivity index (χ0n) is 14.8. The Morgan fingerprint density at radius 1 is 1.00 bits per heavy atom. The van der Waals surface area contributed by atoms with E-state index >= 15 is 0 Å². The smallest absolute Gasteiger partial charge is 0.399 e. The van der Waals surface area contributed by atoms with Crippen LogP contribution >= 0.6 is 0 Å². The van der Waals surface area contributed by atoms with Gasteiger partial charge < -0.3 is 9.31 Å². The number of benzene rings is 1. The topological polar surface area (TPSA) is 64.6 Å². The SMILES string of the molecule is CC1(C)OB(c2ccc(NS(=O)(=O)C3CCCC3)cc2)OC1(C)C. The molecule has 7 heteroatoms. The molecule has 0 spiro atoms. The Kier molecular flexibility index (Phi) is 4.47. The van der Waals surface area contributed by atoms with E-state index in [0.717, 1.165) is 31.1 Å². The van der Waals surface area contributed by atoms with Crippen LogP contribution in [0.5, 0.6) is 0 Å². The maximum absolute atomic E-state index is 12.4. The fourth-order valence-electron chi connectivity index (χ4n) is 3.13. The number of nitrogens with one attached hydrogen (secondary N) is 1. The molecule has 1 aliphatic carbocycles. The van der Waals surface area contributed by atoms with Crippen LogP contribution in [0.3, 0.4) is 0 Å². The highest BCUT2D eigenvalue weighted by atomic mass is 32.2. The van der Waals surface area contributed by atoms with Crippen molar-refractivity contribution < 1.29 is 17.7 Å². The molecule has 5 nitrogen and oxygen atoms in total. The largest absolute Gasteiger partial charge is 0.494 e. The highest BCUT2D eigenvalue weighted by Crippen LogP contribution is 2.36. The maximum Gasteiger partial charge on any atom is 0.494 e. The van der Waals surface area contributed by atoms with Crippen molar-refractivity contribution in [3.05, 3.63) is 24.3 Å². The van der Waals surface area contributed by atoms with Gasteiger partial charge in [0.2, 0.25) is 10.0 Å². The zero-order valence-corrected chi connectivity index (χ0v) is 15.7. The second-order valence-electron chi connectivity index (χ2n) is 7.76. The van der Waals surface area contributed by atoms with Crippen LogP contribution in [0, 0.1) is 0 Å². The van der Waals surface area contributed by atoms with Crippen molar-refractivity contribution in [2.45, 2.75) is 69.8 Å². The molecule has 0 unspecified atom stereocenters. The van der Waals surface area contributed by atoms with Gasteiger partial charge in [-0.3, -0.25) is 4.72 Å². The van der Waals surface area contributed by atoms with Crippen LogP contribution < -0.4 is 10.2 Å². The Bertz CT molecular complexity index is 678. The molecule has 24 heavy (non-hydrogen) atoms. The number of anilines is 1. The minimum Gasteiger partial charge on any atom is -0.399 e. The molecule has 0 amide bonds. The lowest BCUT2D eigenvalue weighted by Crippen LogP contribution is -2.41. The van der Waals surface area contributed by atoms with Crippen LogP contribution in [0.1, 0.15) is 53.4 Å². The van der Waals surface area contributed by atoms with Crippen molar-refractivity contribution in [2.24, 2.45) is 0 Å². The second kappa shape index (κ2) is 6.04. The fraction of sp³-hybridized carbons (Fsp3) is 0.647. The zero-order chi connectivity index (χ0) is 17.6. The molecule has 1 aromatic rings. The fourth-order valence-corrected chi connectivity index (χ4v) is 4.72. The number of hydrogen-bond donors (Lipinski definition) is 1. The highest BCUT2D eigenvalue weighted by molar-refractivity contribution is 7.93. The molecule has 1 saturated carbocycles. The molecule has 0 atom stereocenters. The quantitative estimate of drug-likeness (QED) is 0.847. The van der Waals surface area contributed by atoms with Gasteiger partial charge in [-0.15, -0.1) is 0 Å². The monoisotopic (exact) mass is 351 g/mol. The van der Waals surface area contributed by atoms with Gasteiger partial charge in [0.25, 0.3) is 0 Å². The molecule has 0 bridgehead atoms. The van der Waals surface area contributed by atoms with Gasteiger partial charge >= 0.3 is 7.12 Å². The first kappa shape index (κ1) is 17.8. The van der Waals surface area contributed by atoms with Crippen LogP contribution in [-0.4, -0.2) is 32.0 Å². The predicted octanol–water partition coefficient (Wildman–Crippen LogP) is 2.67. The van der Waals surface area contributed by atoms with Crippen LogP contribution in [0.4, 0.5) is 5.69 Å². The summed E-state index contributed by atoms with van der Waals surface area (Å²) in [6.07, 6.45) is 3.49. The third-order valence-corrected chi connectivity index (χ3v) is 7.31. The van der Waals surface area contributed by atoms with Crippen molar-refractivity contribution in [3.8, 4) is 0 Å². The Hall–Kier alpha value is -1.05. The third kappa shape index (κ3) is 3.34. The Morgan fingerprint density at radius 3 is 2.00 bits per heavy atom.